The Hall–Kier alpha value is -2.47. The highest BCUT2D eigenvalue weighted by Gasteiger charge is 2.38. The van der Waals surface area contributed by atoms with Crippen LogP contribution in [0.1, 0.15) is 51.4 Å². The highest BCUT2D eigenvalue weighted by atomic mass is 16.6. The lowest BCUT2D eigenvalue weighted by Crippen LogP contribution is -2.43. The molecule has 1 aliphatic heterocycles. The molecule has 1 fully saturated rings. The van der Waals surface area contributed by atoms with E-state index in [1.54, 1.807) is 17.3 Å². The molecule has 0 spiro atoms. The fourth-order valence-corrected chi connectivity index (χ4v) is 3.62. The van der Waals surface area contributed by atoms with E-state index < -0.39 is 11.2 Å². The number of ether oxygens (including phenoxy) is 1. The summed E-state index contributed by atoms with van der Waals surface area (Å²) in [6.07, 6.45) is 5.24. The predicted octanol–water partition coefficient (Wildman–Crippen LogP) is 3.75. The van der Waals surface area contributed by atoms with Crippen molar-refractivity contribution in [2.24, 2.45) is 5.92 Å². The molecule has 1 amide bonds. The van der Waals surface area contributed by atoms with Gasteiger partial charge in [-0.25, -0.2) is 4.79 Å². The summed E-state index contributed by atoms with van der Waals surface area (Å²) in [5.74, 6) is 0.257. The van der Waals surface area contributed by atoms with Crippen LogP contribution in [0.15, 0.2) is 48.8 Å². The van der Waals surface area contributed by atoms with E-state index in [0.717, 1.165) is 12.8 Å². The normalized spacial score (nSPS) is 16.1. The van der Waals surface area contributed by atoms with E-state index in [2.05, 4.69) is 9.97 Å². The van der Waals surface area contributed by atoms with Crippen LogP contribution in [-0.4, -0.2) is 44.8 Å². The standard InChI is InChI=1S/C22H29N3O3/c1-21(2,3)28-20(26)25-14-10-17(11-15-25)16-22(27,18-8-4-6-12-23-18)19-9-5-7-13-24-19/h4-9,12-13,17,27H,10-11,14-16H2,1-3H3. The van der Waals surface area contributed by atoms with Crippen LogP contribution in [0.2, 0.25) is 0 Å². The number of piperidine rings is 1. The van der Waals surface area contributed by atoms with Crippen molar-refractivity contribution in [1.82, 2.24) is 14.9 Å². The van der Waals surface area contributed by atoms with Crippen LogP contribution in [0, 0.1) is 5.92 Å². The molecule has 1 saturated heterocycles. The molecule has 2 aromatic heterocycles. The first-order chi connectivity index (χ1) is 13.3. The molecule has 6 nitrogen and oxygen atoms in total. The van der Waals surface area contributed by atoms with E-state index in [9.17, 15) is 9.90 Å². The minimum absolute atomic E-state index is 0.257. The summed E-state index contributed by atoms with van der Waals surface area (Å²) < 4.78 is 5.47. The van der Waals surface area contributed by atoms with Crippen LogP contribution >= 0.6 is 0 Å². The van der Waals surface area contributed by atoms with E-state index >= 15 is 0 Å². The maximum absolute atomic E-state index is 12.3. The first-order valence-corrected chi connectivity index (χ1v) is 9.81. The SMILES string of the molecule is CC(C)(C)OC(=O)N1CCC(CC(O)(c2ccccn2)c2ccccn2)CC1. The van der Waals surface area contributed by atoms with Crippen molar-refractivity contribution in [3.63, 3.8) is 0 Å². The lowest BCUT2D eigenvalue weighted by molar-refractivity contribution is 0.00747. The summed E-state index contributed by atoms with van der Waals surface area (Å²) in [4.78, 5) is 22.8. The van der Waals surface area contributed by atoms with E-state index in [-0.39, 0.29) is 12.0 Å². The fraction of sp³-hybridized carbons (Fsp3) is 0.500. The number of likely N-dealkylation sites (tertiary alicyclic amines) is 1. The maximum atomic E-state index is 12.3. The monoisotopic (exact) mass is 383 g/mol. The summed E-state index contributed by atoms with van der Waals surface area (Å²) in [5, 5.41) is 11.6. The molecule has 1 aliphatic rings. The van der Waals surface area contributed by atoms with Crippen molar-refractivity contribution in [3.8, 4) is 0 Å². The molecule has 1 N–H and O–H groups in total. The average Bonchev–Trinajstić information content (AvgIpc) is 2.68. The molecule has 0 aliphatic carbocycles. The minimum atomic E-state index is -1.25. The van der Waals surface area contributed by atoms with Gasteiger partial charge in [-0.3, -0.25) is 9.97 Å². The summed E-state index contributed by atoms with van der Waals surface area (Å²) in [6, 6.07) is 11.1. The second-order valence-electron chi connectivity index (χ2n) is 8.41. The Balaban J connectivity index is 1.71. The quantitative estimate of drug-likeness (QED) is 0.870. The largest absolute Gasteiger partial charge is 0.444 e. The van der Waals surface area contributed by atoms with Gasteiger partial charge in [0, 0.05) is 25.5 Å². The van der Waals surface area contributed by atoms with E-state index in [1.807, 2.05) is 57.2 Å². The third-order valence-corrected chi connectivity index (χ3v) is 5.03. The molecule has 0 unspecified atom stereocenters. The number of amides is 1. The second-order valence-corrected chi connectivity index (χ2v) is 8.41. The van der Waals surface area contributed by atoms with Gasteiger partial charge in [-0.2, -0.15) is 0 Å². The Labute approximate surface area is 166 Å². The van der Waals surface area contributed by atoms with Crippen molar-refractivity contribution in [2.45, 2.75) is 51.2 Å². The predicted molar refractivity (Wildman–Crippen MR) is 107 cm³/mol. The Kier molecular flexibility index (Phi) is 5.98. The molecule has 3 heterocycles. The molecule has 0 aromatic carbocycles. The number of carbonyl (C=O) groups is 1. The third-order valence-electron chi connectivity index (χ3n) is 5.03. The van der Waals surface area contributed by atoms with Gasteiger partial charge in [0.2, 0.25) is 0 Å². The molecule has 3 rings (SSSR count). The van der Waals surface area contributed by atoms with E-state index in [1.165, 1.54) is 0 Å². The van der Waals surface area contributed by atoms with Gasteiger partial charge in [0.1, 0.15) is 11.2 Å². The summed E-state index contributed by atoms with van der Waals surface area (Å²) >= 11 is 0. The summed E-state index contributed by atoms with van der Waals surface area (Å²) in [7, 11) is 0. The average molecular weight is 383 g/mol. The third kappa shape index (κ3) is 4.87. The van der Waals surface area contributed by atoms with Gasteiger partial charge in [-0.15, -0.1) is 0 Å². The molecule has 0 saturated carbocycles. The number of aliphatic hydroxyl groups is 1. The van der Waals surface area contributed by atoms with E-state index in [4.69, 9.17) is 4.74 Å². The molecule has 0 radical (unpaired) electrons. The van der Waals surface area contributed by atoms with Crippen LogP contribution in [-0.2, 0) is 10.3 Å². The summed E-state index contributed by atoms with van der Waals surface area (Å²) in [5.41, 5.74) is -0.542. The Bertz CT molecular complexity index is 727. The number of carbonyl (C=O) groups excluding carboxylic acids is 1. The molecule has 150 valence electrons. The number of aromatic nitrogens is 2. The lowest BCUT2D eigenvalue weighted by atomic mass is 9.80. The zero-order valence-electron chi connectivity index (χ0n) is 16.8. The minimum Gasteiger partial charge on any atom is -0.444 e. The zero-order valence-corrected chi connectivity index (χ0v) is 16.8. The van der Waals surface area contributed by atoms with Crippen molar-refractivity contribution < 1.29 is 14.6 Å². The van der Waals surface area contributed by atoms with Crippen molar-refractivity contribution in [2.75, 3.05) is 13.1 Å². The molecule has 6 heteroatoms. The number of hydrogen-bond donors (Lipinski definition) is 1. The number of rotatable bonds is 4. The van der Waals surface area contributed by atoms with Crippen molar-refractivity contribution in [3.05, 3.63) is 60.2 Å². The van der Waals surface area contributed by atoms with Crippen LogP contribution in [0.25, 0.3) is 0 Å². The number of pyridine rings is 2. The van der Waals surface area contributed by atoms with Gasteiger partial charge in [0.25, 0.3) is 0 Å². The molecule has 0 bridgehead atoms. The highest BCUT2D eigenvalue weighted by Crippen LogP contribution is 2.37. The van der Waals surface area contributed by atoms with Crippen LogP contribution in [0.4, 0.5) is 4.79 Å². The zero-order chi connectivity index (χ0) is 20.2. The lowest BCUT2D eigenvalue weighted by Gasteiger charge is -2.37. The van der Waals surface area contributed by atoms with Crippen LogP contribution in [0.3, 0.4) is 0 Å². The molecule has 28 heavy (non-hydrogen) atoms. The fourth-order valence-electron chi connectivity index (χ4n) is 3.62. The van der Waals surface area contributed by atoms with Crippen LogP contribution in [0.5, 0.6) is 0 Å². The first kappa shape index (κ1) is 20.3. The molecular formula is C22H29N3O3. The Morgan fingerprint density at radius 1 is 1.07 bits per heavy atom. The molecule has 0 atom stereocenters. The van der Waals surface area contributed by atoms with Gasteiger partial charge in [-0.1, -0.05) is 12.1 Å². The van der Waals surface area contributed by atoms with Gasteiger partial charge in [-0.05, 0) is 70.2 Å². The summed E-state index contributed by atoms with van der Waals surface area (Å²) in [6.45, 7) is 6.87. The highest BCUT2D eigenvalue weighted by molar-refractivity contribution is 5.68. The number of nitrogens with zero attached hydrogens (tertiary/aromatic N) is 3. The van der Waals surface area contributed by atoms with Gasteiger partial charge in [0.15, 0.2) is 0 Å². The Morgan fingerprint density at radius 2 is 1.61 bits per heavy atom. The molecular weight excluding hydrogens is 354 g/mol. The topological polar surface area (TPSA) is 75.5 Å². The second kappa shape index (κ2) is 8.27. The molecule has 2 aromatic rings. The smallest absolute Gasteiger partial charge is 0.410 e. The van der Waals surface area contributed by atoms with Gasteiger partial charge < -0.3 is 14.7 Å². The van der Waals surface area contributed by atoms with Crippen molar-refractivity contribution >= 4 is 6.09 Å². The van der Waals surface area contributed by atoms with Gasteiger partial charge in [0.05, 0.1) is 11.4 Å². The van der Waals surface area contributed by atoms with E-state index in [0.29, 0.717) is 30.9 Å². The van der Waals surface area contributed by atoms with Crippen molar-refractivity contribution in [1.29, 1.82) is 0 Å². The number of hydrogen-bond acceptors (Lipinski definition) is 5. The Morgan fingerprint density at radius 3 is 2.04 bits per heavy atom. The maximum Gasteiger partial charge on any atom is 0.410 e. The van der Waals surface area contributed by atoms with Crippen LogP contribution < -0.4 is 0 Å². The first-order valence-electron chi connectivity index (χ1n) is 9.81. The van der Waals surface area contributed by atoms with Gasteiger partial charge >= 0.3 is 6.09 Å².